The second-order valence-electron chi connectivity index (χ2n) is 5.08. The van der Waals surface area contributed by atoms with E-state index in [4.69, 9.17) is 0 Å². The van der Waals surface area contributed by atoms with E-state index >= 15 is 0 Å². The predicted molar refractivity (Wildman–Crippen MR) is 88.7 cm³/mol. The van der Waals surface area contributed by atoms with Gasteiger partial charge in [0.25, 0.3) is 11.6 Å². The van der Waals surface area contributed by atoms with E-state index in [1.165, 1.54) is 24.3 Å². The Morgan fingerprint density at radius 3 is 2.52 bits per heavy atom. The van der Waals surface area contributed by atoms with Crippen LogP contribution in [0.1, 0.15) is 10.4 Å². The summed E-state index contributed by atoms with van der Waals surface area (Å²) in [5.74, 6) is 0.826. The van der Waals surface area contributed by atoms with Crippen molar-refractivity contribution in [3.05, 3.63) is 70.8 Å². The molecular weight excluding hydrogens is 324 g/mol. The van der Waals surface area contributed by atoms with E-state index < -0.39 is 4.92 Å². The zero-order chi connectivity index (χ0) is 17.6. The molecule has 0 aliphatic carbocycles. The summed E-state index contributed by atoms with van der Waals surface area (Å²) in [7, 11) is 0. The maximum atomic E-state index is 12.1. The molecule has 25 heavy (non-hydrogen) atoms. The van der Waals surface area contributed by atoms with Gasteiger partial charge in [-0.05, 0) is 18.2 Å². The van der Waals surface area contributed by atoms with Crippen LogP contribution in [0.4, 0.5) is 5.69 Å². The van der Waals surface area contributed by atoms with Crippen molar-refractivity contribution < 1.29 is 9.72 Å². The topological polar surface area (TPSA) is 116 Å². The van der Waals surface area contributed by atoms with E-state index in [2.05, 4.69) is 20.3 Å². The molecule has 9 heteroatoms. The summed E-state index contributed by atoms with van der Waals surface area (Å²) in [4.78, 5) is 34.7. The lowest BCUT2D eigenvalue weighted by atomic mass is 10.2. The van der Waals surface area contributed by atoms with Gasteiger partial charge in [0, 0.05) is 55.6 Å². The van der Waals surface area contributed by atoms with Gasteiger partial charge in [0.2, 0.25) is 0 Å². The average molecular weight is 338 g/mol. The van der Waals surface area contributed by atoms with Crippen molar-refractivity contribution >= 4 is 11.6 Å². The van der Waals surface area contributed by atoms with Crippen LogP contribution in [0.3, 0.4) is 0 Å². The fourth-order valence-electron chi connectivity index (χ4n) is 2.24. The number of amides is 1. The molecular formula is C16H14N6O3. The molecule has 0 atom stereocenters. The molecule has 3 aromatic rings. The number of hydrogen-bond donors (Lipinski definition) is 1. The fourth-order valence-corrected chi connectivity index (χ4v) is 2.24. The molecule has 2 heterocycles. The molecule has 0 spiro atoms. The fraction of sp³-hybridized carbons (Fsp3) is 0.125. The summed E-state index contributed by atoms with van der Waals surface area (Å²) in [6, 6.07) is 7.17. The van der Waals surface area contributed by atoms with Crippen molar-refractivity contribution in [3.63, 3.8) is 0 Å². The van der Waals surface area contributed by atoms with Gasteiger partial charge in [0.1, 0.15) is 0 Å². The van der Waals surface area contributed by atoms with Crippen LogP contribution < -0.4 is 5.32 Å². The molecule has 0 radical (unpaired) electrons. The van der Waals surface area contributed by atoms with E-state index in [-0.39, 0.29) is 11.6 Å². The Kier molecular flexibility index (Phi) is 4.74. The van der Waals surface area contributed by atoms with Crippen LogP contribution in [0.2, 0.25) is 0 Å². The maximum absolute atomic E-state index is 12.1. The summed E-state index contributed by atoms with van der Waals surface area (Å²) < 4.78 is 1.84. The van der Waals surface area contributed by atoms with Crippen molar-refractivity contribution in [2.24, 2.45) is 0 Å². The molecule has 2 aromatic heterocycles. The SMILES string of the molecule is O=C(NCCn1ccnc1-c1ncccn1)c1ccc([N+](=O)[O-])cc1. The van der Waals surface area contributed by atoms with E-state index in [1.807, 2.05) is 4.57 Å². The van der Waals surface area contributed by atoms with Crippen LogP contribution in [-0.4, -0.2) is 36.9 Å². The van der Waals surface area contributed by atoms with E-state index in [1.54, 1.807) is 30.9 Å². The summed E-state index contributed by atoms with van der Waals surface area (Å²) in [5, 5.41) is 13.4. The highest BCUT2D eigenvalue weighted by Gasteiger charge is 2.11. The van der Waals surface area contributed by atoms with Crippen LogP contribution in [-0.2, 0) is 6.54 Å². The van der Waals surface area contributed by atoms with Crippen molar-refractivity contribution in [3.8, 4) is 11.6 Å². The number of hydrogen-bond acceptors (Lipinski definition) is 6. The lowest BCUT2D eigenvalue weighted by Crippen LogP contribution is -2.27. The first-order valence-electron chi connectivity index (χ1n) is 7.46. The highest BCUT2D eigenvalue weighted by molar-refractivity contribution is 5.94. The minimum Gasteiger partial charge on any atom is -0.350 e. The van der Waals surface area contributed by atoms with Gasteiger partial charge in [-0.1, -0.05) is 0 Å². The number of imidazole rings is 1. The summed E-state index contributed by atoms with van der Waals surface area (Å²) in [6.07, 6.45) is 6.70. The summed E-state index contributed by atoms with van der Waals surface area (Å²) in [6.45, 7) is 0.859. The smallest absolute Gasteiger partial charge is 0.269 e. The second kappa shape index (κ2) is 7.30. The molecule has 1 amide bonds. The number of carbonyl (C=O) groups is 1. The van der Waals surface area contributed by atoms with Gasteiger partial charge in [-0.2, -0.15) is 0 Å². The predicted octanol–water partition coefficient (Wildman–Crippen LogP) is 1.68. The Hall–Kier alpha value is -3.62. The molecule has 0 aliphatic heterocycles. The molecule has 1 aromatic carbocycles. The number of nitro benzene ring substituents is 1. The third-order valence-corrected chi connectivity index (χ3v) is 3.46. The van der Waals surface area contributed by atoms with Gasteiger partial charge in [-0.3, -0.25) is 14.9 Å². The van der Waals surface area contributed by atoms with Gasteiger partial charge in [0.15, 0.2) is 11.6 Å². The Labute approximate surface area is 142 Å². The first-order valence-corrected chi connectivity index (χ1v) is 7.46. The molecule has 0 fully saturated rings. The number of carbonyl (C=O) groups excluding carboxylic acids is 1. The summed E-state index contributed by atoms with van der Waals surface area (Å²) >= 11 is 0. The van der Waals surface area contributed by atoms with Crippen molar-refractivity contribution in [1.82, 2.24) is 24.8 Å². The Morgan fingerprint density at radius 1 is 1.12 bits per heavy atom. The number of non-ortho nitro benzene ring substituents is 1. The molecule has 9 nitrogen and oxygen atoms in total. The van der Waals surface area contributed by atoms with E-state index in [0.717, 1.165) is 0 Å². The standard InChI is InChI=1S/C16H14N6O3/c23-16(12-2-4-13(5-3-12)22(24)25)20-9-11-21-10-8-19-15(21)14-17-6-1-7-18-14/h1-8,10H,9,11H2,(H,20,23). The minimum absolute atomic E-state index is 0.0533. The zero-order valence-electron chi connectivity index (χ0n) is 13.1. The third kappa shape index (κ3) is 3.83. The van der Waals surface area contributed by atoms with Gasteiger partial charge in [-0.15, -0.1) is 0 Å². The monoisotopic (exact) mass is 338 g/mol. The lowest BCUT2D eigenvalue weighted by molar-refractivity contribution is -0.384. The first-order chi connectivity index (χ1) is 12.1. The number of aromatic nitrogens is 4. The molecule has 0 saturated carbocycles. The Morgan fingerprint density at radius 2 is 1.84 bits per heavy atom. The molecule has 126 valence electrons. The van der Waals surface area contributed by atoms with Gasteiger partial charge in [-0.25, -0.2) is 15.0 Å². The van der Waals surface area contributed by atoms with E-state index in [0.29, 0.717) is 30.3 Å². The quantitative estimate of drug-likeness (QED) is 0.540. The highest BCUT2D eigenvalue weighted by atomic mass is 16.6. The maximum Gasteiger partial charge on any atom is 0.269 e. The molecule has 3 rings (SSSR count). The molecule has 0 saturated heterocycles. The van der Waals surface area contributed by atoms with Crippen molar-refractivity contribution in [2.75, 3.05) is 6.54 Å². The van der Waals surface area contributed by atoms with Crippen LogP contribution in [0.5, 0.6) is 0 Å². The normalized spacial score (nSPS) is 10.4. The average Bonchev–Trinajstić information content (AvgIpc) is 3.11. The van der Waals surface area contributed by atoms with Gasteiger partial charge in [0.05, 0.1) is 4.92 Å². The lowest BCUT2D eigenvalue weighted by Gasteiger charge is -2.08. The van der Waals surface area contributed by atoms with Crippen LogP contribution in [0.25, 0.3) is 11.6 Å². The number of rotatable bonds is 6. The van der Waals surface area contributed by atoms with E-state index in [9.17, 15) is 14.9 Å². The van der Waals surface area contributed by atoms with Crippen LogP contribution in [0, 0.1) is 10.1 Å². The minimum atomic E-state index is -0.506. The second-order valence-corrected chi connectivity index (χ2v) is 5.08. The molecule has 0 unspecified atom stereocenters. The zero-order valence-corrected chi connectivity index (χ0v) is 13.1. The Bertz CT molecular complexity index is 876. The van der Waals surface area contributed by atoms with Gasteiger partial charge >= 0.3 is 0 Å². The molecule has 0 aliphatic rings. The largest absolute Gasteiger partial charge is 0.350 e. The van der Waals surface area contributed by atoms with Crippen molar-refractivity contribution in [1.29, 1.82) is 0 Å². The van der Waals surface area contributed by atoms with Crippen molar-refractivity contribution in [2.45, 2.75) is 6.54 Å². The summed E-state index contributed by atoms with van der Waals surface area (Å²) in [5.41, 5.74) is 0.310. The van der Waals surface area contributed by atoms with Crippen LogP contribution in [0.15, 0.2) is 55.1 Å². The number of nitrogens with zero attached hydrogens (tertiary/aromatic N) is 5. The number of benzene rings is 1. The third-order valence-electron chi connectivity index (χ3n) is 3.46. The number of nitrogens with one attached hydrogen (secondary N) is 1. The van der Waals surface area contributed by atoms with Gasteiger partial charge < -0.3 is 9.88 Å². The van der Waals surface area contributed by atoms with Crippen LogP contribution >= 0.6 is 0 Å². The number of nitro groups is 1. The highest BCUT2D eigenvalue weighted by Crippen LogP contribution is 2.12. The molecule has 0 bridgehead atoms. The first kappa shape index (κ1) is 16.2. The Balaban J connectivity index is 1.59. The molecule has 1 N–H and O–H groups in total.